The summed E-state index contributed by atoms with van der Waals surface area (Å²) in [5, 5.41) is 3.07. The number of anilines is 1. The number of benzene rings is 1. The van der Waals surface area contributed by atoms with Crippen molar-refractivity contribution < 1.29 is 37.1 Å². The van der Waals surface area contributed by atoms with E-state index in [4.69, 9.17) is 0 Å². The third-order valence-electron chi connectivity index (χ3n) is 6.73. The van der Waals surface area contributed by atoms with Gasteiger partial charge in [0.05, 0.1) is 13.5 Å². The number of esters is 1. The van der Waals surface area contributed by atoms with E-state index >= 15 is 0 Å². The average Bonchev–Trinajstić information content (AvgIpc) is 2.96. The number of nitrogens with zero attached hydrogens (tertiary/aromatic N) is 3. The van der Waals surface area contributed by atoms with Gasteiger partial charge in [-0.05, 0) is 42.9 Å². The lowest BCUT2D eigenvalue weighted by atomic mass is 9.93. The molecule has 36 heavy (non-hydrogen) atoms. The maximum Gasteiger partial charge on any atom is 0.471 e. The monoisotopic (exact) mass is 512 g/mol. The third-order valence-corrected chi connectivity index (χ3v) is 6.73. The second kappa shape index (κ2) is 11.2. The van der Waals surface area contributed by atoms with Crippen molar-refractivity contribution >= 4 is 29.4 Å². The highest BCUT2D eigenvalue weighted by molar-refractivity contribution is 5.96. The standard InChI is InChI=1S/C24H31F3N4O5/c1-29(9-6-15-7-10-31(11-8-15)23(35)24(25,26)27)21(33)16-4-5-17-14-30(2)22(34)19(13-20(32)36-3)28-18(17)12-16/h4-5,12,15,19,28H,6-11,13-14H2,1-3H3/t19-/m0/s1. The summed E-state index contributed by atoms with van der Waals surface area (Å²) in [4.78, 5) is 52.7. The van der Waals surface area contributed by atoms with Gasteiger partial charge in [-0.1, -0.05) is 6.07 Å². The van der Waals surface area contributed by atoms with Crippen LogP contribution in [0.1, 0.15) is 41.6 Å². The van der Waals surface area contributed by atoms with Crippen molar-refractivity contribution in [3.63, 3.8) is 0 Å². The molecule has 0 spiro atoms. The van der Waals surface area contributed by atoms with Crippen LogP contribution in [-0.2, 0) is 25.7 Å². The molecule has 1 atom stereocenters. The number of halogens is 3. The van der Waals surface area contributed by atoms with E-state index in [1.165, 1.54) is 12.0 Å². The molecule has 0 radical (unpaired) electrons. The lowest BCUT2D eigenvalue weighted by Gasteiger charge is -2.33. The molecule has 0 aromatic heterocycles. The fraction of sp³-hybridized carbons (Fsp3) is 0.583. The number of alkyl halides is 3. The number of ether oxygens (including phenoxy) is 1. The van der Waals surface area contributed by atoms with E-state index in [1.807, 2.05) is 0 Å². The summed E-state index contributed by atoms with van der Waals surface area (Å²) in [6, 6.07) is 4.29. The molecule has 12 heteroatoms. The molecule has 1 aromatic carbocycles. The highest BCUT2D eigenvalue weighted by atomic mass is 19.4. The van der Waals surface area contributed by atoms with E-state index in [9.17, 15) is 32.3 Å². The van der Waals surface area contributed by atoms with E-state index in [-0.39, 0.29) is 37.2 Å². The van der Waals surface area contributed by atoms with Gasteiger partial charge in [0.25, 0.3) is 5.91 Å². The summed E-state index contributed by atoms with van der Waals surface area (Å²) in [6.07, 6.45) is -3.49. The molecule has 0 saturated carbocycles. The number of hydrogen-bond donors (Lipinski definition) is 1. The van der Waals surface area contributed by atoms with Crippen LogP contribution < -0.4 is 5.32 Å². The molecule has 0 unspecified atom stereocenters. The molecule has 0 bridgehead atoms. The van der Waals surface area contributed by atoms with Gasteiger partial charge in [0.1, 0.15) is 6.04 Å². The fourth-order valence-corrected chi connectivity index (χ4v) is 4.52. The van der Waals surface area contributed by atoms with Gasteiger partial charge in [0.15, 0.2) is 0 Å². The number of methoxy groups -OCH3 is 1. The lowest BCUT2D eigenvalue weighted by molar-refractivity contribution is -0.186. The zero-order chi connectivity index (χ0) is 26.6. The molecule has 2 aliphatic heterocycles. The van der Waals surface area contributed by atoms with Crippen LogP contribution in [-0.4, -0.2) is 91.4 Å². The van der Waals surface area contributed by atoms with Crippen LogP contribution in [0.3, 0.4) is 0 Å². The number of likely N-dealkylation sites (N-methyl/N-ethyl adjacent to an activating group) is 1. The number of carbonyl (C=O) groups is 4. The number of piperidine rings is 1. The fourth-order valence-electron chi connectivity index (χ4n) is 4.52. The van der Waals surface area contributed by atoms with Crippen LogP contribution in [0, 0.1) is 5.92 Å². The van der Waals surface area contributed by atoms with E-state index in [2.05, 4.69) is 10.1 Å². The summed E-state index contributed by atoms with van der Waals surface area (Å²) >= 11 is 0. The Labute approximate surface area is 207 Å². The molecule has 0 aliphatic carbocycles. The van der Waals surface area contributed by atoms with Gasteiger partial charge in [-0.3, -0.25) is 19.2 Å². The normalized spacial score (nSPS) is 18.7. The van der Waals surface area contributed by atoms with Gasteiger partial charge in [-0.2, -0.15) is 13.2 Å². The first-order chi connectivity index (χ1) is 16.9. The third kappa shape index (κ3) is 6.46. The number of nitrogens with one attached hydrogen (secondary N) is 1. The molecular formula is C24H31F3N4O5. The van der Waals surface area contributed by atoms with E-state index in [1.54, 1.807) is 37.2 Å². The second-order valence-electron chi connectivity index (χ2n) is 9.29. The molecule has 2 heterocycles. The molecule has 3 amide bonds. The van der Waals surface area contributed by atoms with E-state index in [0.717, 1.165) is 10.5 Å². The Kier molecular flexibility index (Phi) is 8.47. The number of fused-ring (bicyclic) bond motifs is 1. The summed E-state index contributed by atoms with van der Waals surface area (Å²) in [5.41, 5.74) is 1.79. The molecule has 1 N–H and O–H groups in total. The smallest absolute Gasteiger partial charge is 0.469 e. The van der Waals surface area contributed by atoms with E-state index < -0.39 is 24.1 Å². The zero-order valence-corrected chi connectivity index (χ0v) is 20.6. The first-order valence-corrected chi connectivity index (χ1v) is 11.7. The predicted octanol–water partition coefficient (Wildman–Crippen LogP) is 2.27. The lowest BCUT2D eigenvalue weighted by Crippen LogP contribution is -2.45. The van der Waals surface area contributed by atoms with Crippen molar-refractivity contribution in [3.05, 3.63) is 29.3 Å². The average molecular weight is 513 g/mol. The molecule has 2 aliphatic rings. The maximum atomic E-state index is 13.0. The number of carbonyl (C=O) groups excluding carboxylic acids is 4. The molecule has 1 saturated heterocycles. The largest absolute Gasteiger partial charge is 0.471 e. The summed E-state index contributed by atoms with van der Waals surface area (Å²) in [7, 11) is 4.54. The van der Waals surface area contributed by atoms with Crippen LogP contribution in [0.25, 0.3) is 0 Å². The van der Waals surface area contributed by atoms with Crippen LogP contribution >= 0.6 is 0 Å². The molecule has 3 rings (SSSR count). The van der Waals surface area contributed by atoms with Gasteiger partial charge in [-0.15, -0.1) is 0 Å². The van der Waals surface area contributed by atoms with E-state index in [0.29, 0.717) is 43.6 Å². The SMILES string of the molecule is COC(=O)C[C@@H]1Nc2cc(C(=O)N(C)CCC3CCN(C(=O)C(F)(F)F)CC3)ccc2CN(C)C1=O. The second-order valence-corrected chi connectivity index (χ2v) is 9.29. The minimum Gasteiger partial charge on any atom is -0.469 e. The highest BCUT2D eigenvalue weighted by Gasteiger charge is 2.43. The molecular weight excluding hydrogens is 481 g/mol. The summed E-state index contributed by atoms with van der Waals surface area (Å²) in [6.45, 7) is 0.834. The van der Waals surface area contributed by atoms with Gasteiger partial charge >= 0.3 is 18.1 Å². The van der Waals surface area contributed by atoms with Crippen molar-refractivity contribution in [1.29, 1.82) is 0 Å². The van der Waals surface area contributed by atoms with Crippen LogP contribution in [0.4, 0.5) is 18.9 Å². The quantitative estimate of drug-likeness (QED) is 0.588. The number of likely N-dealkylation sites (tertiary alicyclic amines) is 1. The molecule has 1 fully saturated rings. The maximum absolute atomic E-state index is 13.0. The Bertz CT molecular complexity index is 1010. The Morgan fingerprint density at radius 2 is 1.86 bits per heavy atom. The van der Waals surface area contributed by atoms with Gasteiger partial charge in [-0.25, -0.2) is 0 Å². The summed E-state index contributed by atoms with van der Waals surface area (Å²) in [5.74, 6) is -2.71. The van der Waals surface area contributed by atoms with Crippen molar-refractivity contribution in [2.75, 3.05) is 46.2 Å². The minimum atomic E-state index is -4.86. The predicted molar refractivity (Wildman–Crippen MR) is 124 cm³/mol. The first-order valence-electron chi connectivity index (χ1n) is 11.7. The van der Waals surface area contributed by atoms with Gasteiger partial charge < -0.3 is 24.8 Å². The topological polar surface area (TPSA) is 99.3 Å². The van der Waals surface area contributed by atoms with Crippen molar-refractivity contribution in [1.82, 2.24) is 14.7 Å². The summed E-state index contributed by atoms with van der Waals surface area (Å²) < 4.78 is 42.5. The van der Waals surface area contributed by atoms with Gasteiger partial charge in [0.2, 0.25) is 5.91 Å². The molecule has 9 nitrogen and oxygen atoms in total. The van der Waals surface area contributed by atoms with Gasteiger partial charge in [0, 0.05) is 51.5 Å². The minimum absolute atomic E-state index is 0.0526. The first kappa shape index (κ1) is 27.3. The highest BCUT2D eigenvalue weighted by Crippen LogP contribution is 2.27. The molecule has 198 valence electrons. The zero-order valence-electron chi connectivity index (χ0n) is 20.6. The van der Waals surface area contributed by atoms with Crippen molar-refractivity contribution in [3.8, 4) is 0 Å². The Hall–Kier alpha value is -3.31. The Morgan fingerprint density at radius 1 is 1.19 bits per heavy atom. The van der Waals surface area contributed by atoms with Crippen LogP contribution in [0.15, 0.2) is 18.2 Å². The Balaban J connectivity index is 1.59. The number of amides is 3. The van der Waals surface area contributed by atoms with Crippen LogP contribution in [0.5, 0.6) is 0 Å². The van der Waals surface area contributed by atoms with Crippen molar-refractivity contribution in [2.45, 2.75) is 44.4 Å². The Morgan fingerprint density at radius 3 is 2.47 bits per heavy atom. The van der Waals surface area contributed by atoms with Crippen molar-refractivity contribution in [2.24, 2.45) is 5.92 Å². The molecule has 1 aromatic rings. The number of hydrogen-bond acceptors (Lipinski definition) is 6. The number of rotatable bonds is 6. The van der Waals surface area contributed by atoms with Crippen LogP contribution in [0.2, 0.25) is 0 Å².